The highest BCUT2D eigenvalue weighted by Crippen LogP contribution is 2.24. The molecule has 3 N–H and O–H groups in total. The molecule has 110 valence electrons. The normalized spacial score (nSPS) is 10.4. The maximum absolute atomic E-state index is 13.2. The van der Waals surface area contributed by atoms with E-state index in [0.29, 0.717) is 21.5 Å². The second kappa shape index (κ2) is 6.67. The van der Waals surface area contributed by atoms with E-state index >= 15 is 0 Å². The molecule has 6 heteroatoms. The van der Waals surface area contributed by atoms with E-state index in [2.05, 4.69) is 26.2 Å². The van der Waals surface area contributed by atoms with Crippen LogP contribution in [0.2, 0.25) is 0 Å². The number of aryl methyl sites for hydroxylation is 1. The molecular formula is C15H15BrFN3O. The third-order valence-electron chi connectivity index (χ3n) is 2.84. The number of anilines is 2. The van der Waals surface area contributed by atoms with Gasteiger partial charge in [0, 0.05) is 15.7 Å². The number of carbonyl (C=O) groups is 1. The highest BCUT2D eigenvalue weighted by atomic mass is 79.9. The van der Waals surface area contributed by atoms with Gasteiger partial charge in [-0.25, -0.2) is 9.37 Å². The Bertz CT molecular complexity index is 676. The van der Waals surface area contributed by atoms with Crippen molar-refractivity contribution in [1.82, 2.24) is 4.98 Å². The Balaban J connectivity index is 2.25. The molecule has 2 rings (SSSR count). The van der Waals surface area contributed by atoms with E-state index in [0.717, 1.165) is 18.5 Å². The van der Waals surface area contributed by atoms with Crippen LogP contribution >= 0.6 is 15.9 Å². The maximum atomic E-state index is 13.2. The Morgan fingerprint density at radius 1 is 1.38 bits per heavy atom. The summed E-state index contributed by atoms with van der Waals surface area (Å²) in [4.78, 5) is 16.4. The third-order valence-corrected chi connectivity index (χ3v) is 3.53. The summed E-state index contributed by atoms with van der Waals surface area (Å²) in [6.07, 6.45) is 1.65. The summed E-state index contributed by atoms with van der Waals surface area (Å²) in [6.45, 7) is 2.02. The second-order valence-corrected chi connectivity index (χ2v) is 5.45. The first-order valence-corrected chi connectivity index (χ1v) is 7.31. The zero-order chi connectivity index (χ0) is 15.4. The molecule has 0 radical (unpaired) electrons. The van der Waals surface area contributed by atoms with E-state index in [1.54, 1.807) is 6.07 Å². The van der Waals surface area contributed by atoms with E-state index in [9.17, 15) is 9.18 Å². The van der Waals surface area contributed by atoms with E-state index < -0.39 is 5.82 Å². The largest absolute Gasteiger partial charge is 0.384 e. The minimum atomic E-state index is -0.422. The molecule has 0 unspecified atom stereocenters. The first-order chi connectivity index (χ1) is 9.99. The number of hydrogen-bond acceptors (Lipinski definition) is 3. The number of hydrogen-bond donors (Lipinski definition) is 2. The summed E-state index contributed by atoms with van der Waals surface area (Å²) >= 11 is 3.27. The van der Waals surface area contributed by atoms with Crippen molar-refractivity contribution >= 4 is 33.3 Å². The quantitative estimate of drug-likeness (QED) is 0.880. The van der Waals surface area contributed by atoms with Gasteiger partial charge < -0.3 is 11.1 Å². The summed E-state index contributed by atoms with van der Waals surface area (Å²) in [5.74, 6) is -0.480. The Morgan fingerprint density at radius 3 is 2.86 bits per heavy atom. The first kappa shape index (κ1) is 15.4. The van der Waals surface area contributed by atoms with E-state index in [1.165, 1.54) is 24.3 Å². The van der Waals surface area contributed by atoms with Gasteiger partial charge in [0.05, 0.1) is 5.69 Å². The van der Waals surface area contributed by atoms with Crippen LogP contribution in [0.15, 0.2) is 34.8 Å². The highest BCUT2D eigenvalue weighted by Gasteiger charge is 2.11. The first-order valence-electron chi connectivity index (χ1n) is 6.52. The van der Waals surface area contributed by atoms with Gasteiger partial charge in [0.25, 0.3) is 5.91 Å². The lowest BCUT2D eigenvalue weighted by atomic mass is 10.1. The molecular weight excluding hydrogens is 337 g/mol. The minimum Gasteiger partial charge on any atom is -0.384 e. The fourth-order valence-corrected chi connectivity index (χ4v) is 2.26. The Labute approximate surface area is 130 Å². The van der Waals surface area contributed by atoms with Crippen molar-refractivity contribution in [3.05, 3.63) is 51.9 Å². The zero-order valence-corrected chi connectivity index (χ0v) is 13.1. The van der Waals surface area contributed by atoms with Crippen LogP contribution in [-0.4, -0.2) is 10.9 Å². The lowest BCUT2D eigenvalue weighted by Crippen LogP contribution is -2.14. The van der Waals surface area contributed by atoms with Crippen molar-refractivity contribution in [1.29, 1.82) is 0 Å². The lowest BCUT2D eigenvalue weighted by Gasteiger charge is -2.09. The predicted octanol–water partition coefficient (Wildman–Crippen LogP) is 3.77. The molecule has 0 saturated heterocycles. The Kier molecular flexibility index (Phi) is 4.90. The van der Waals surface area contributed by atoms with Crippen molar-refractivity contribution in [2.24, 2.45) is 0 Å². The summed E-state index contributed by atoms with van der Waals surface area (Å²) in [7, 11) is 0. The van der Waals surface area contributed by atoms with Gasteiger partial charge in [-0.05, 0) is 52.7 Å². The topological polar surface area (TPSA) is 68.0 Å². The number of nitrogen functional groups attached to an aromatic ring is 1. The molecule has 4 nitrogen and oxygen atoms in total. The highest BCUT2D eigenvalue weighted by molar-refractivity contribution is 9.10. The molecule has 0 fully saturated rings. The van der Waals surface area contributed by atoms with Gasteiger partial charge in [-0.2, -0.15) is 0 Å². The number of amides is 1. The van der Waals surface area contributed by atoms with Crippen LogP contribution in [-0.2, 0) is 6.42 Å². The molecule has 0 bridgehead atoms. The number of nitrogens with one attached hydrogen (secondary N) is 1. The SMILES string of the molecule is CCCc1cc(C(=O)Nc2cc(F)ccc2Br)cc(N)n1. The Morgan fingerprint density at radius 2 is 2.14 bits per heavy atom. The van der Waals surface area contributed by atoms with Gasteiger partial charge in [-0.3, -0.25) is 4.79 Å². The molecule has 21 heavy (non-hydrogen) atoms. The molecule has 1 amide bonds. The third kappa shape index (κ3) is 4.01. The molecule has 0 saturated carbocycles. The zero-order valence-electron chi connectivity index (χ0n) is 11.5. The Hall–Kier alpha value is -1.95. The summed E-state index contributed by atoms with van der Waals surface area (Å²) < 4.78 is 13.8. The number of nitrogens with zero attached hydrogens (tertiary/aromatic N) is 1. The monoisotopic (exact) mass is 351 g/mol. The molecule has 0 atom stereocenters. The van der Waals surface area contributed by atoms with E-state index in [-0.39, 0.29) is 5.91 Å². The molecule has 0 aliphatic carbocycles. The summed E-state index contributed by atoms with van der Waals surface area (Å²) in [6, 6.07) is 7.29. The number of benzene rings is 1. The van der Waals surface area contributed by atoms with Crippen molar-refractivity contribution in [2.45, 2.75) is 19.8 Å². The summed E-state index contributed by atoms with van der Waals surface area (Å²) in [5.41, 5.74) is 7.25. The lowest BCUT2D eigenvalue weighted by molar-refractivity contribution is 0.102. The molecule has 1 heterocycles. The number of rotatable bonds is 4. The van der Waals surface area contributed by atoms with Gasteiger partial charge in [0.1, 0.15) is 11.6 Å². The number of pyridine rings is 1. The van der Waals surface area contributed by atoms with Crippen molar-refractivity contribution in [2.75, 3.05) is 11.1 Å². The molecule has 1 aromatic carbocycles. The van der Waals surface area contributed by atoms with Crippen molar-refractivity contribution in [3.63, 3.8) is 0 Å². The number of halogens is 2. The maximum Gasteiger partial charge on any atom is 0.255 e. The smallest absolute Gasteiger partial charge is 0.255 e. The van der Waals surface area contributed by atoms with Gasteiger partial charge in [-0.15, -0.1) is 0 Å². The van der Waals surface area contributed by atoms with Crippen LogP contribution in [0.4, 0.5) is 15.9 Å². The fraction of sp³-hybridized carbons (Fsp3) is 0.200. The van der Waals surface area contributed by atoms with Crippen LogP contribution in [0.25, 0.3) is 0 Å². The van der Waals surface area contributed by atoms with Gasteiger partial charge in [0.2, 0.25) is 0 Å². The number of aromatic nitrogens is 1. The van der Waals surface area contributed by atoms with Crippen LogP contribution in [0.1, 0.15) is 29.4 Å². The molecule has 1 aromatic heterocycles. The summed E-state index contributed by atoms with van der Waals surface area (Å²) in [5, 5.41) is 2.65. The van der Waals surface area contributed by atoms with Gasteiger partial charge >= 0.3 is 0 Å². The molecule has 0 aliphatic rings. The van der Waals surface area contributed by atoms with Crippen LogP contribution in [0.3, 0.4) is 0 Å². The second-order valence-electron chi connectivity index (χ2n) is 4.60. The fourth-order valence-electron chi connectivity index (χ4n) is 1.91. The molecule has 2 aromatic rings. The predicted molar refractivity (Wildman–Crippen MR) is 84.7 cm³/mol. The molecule has 0 spiro atoms. The average Bonchev–Trinajstić information content (AvgIpc) is 2.42. The van der Waals surface area contributed by atoms with Crippen LogP contribution < -0.4 is 11.1 Å². The van der Waals surface area contributed by atoms with Crippen LogP contribution in [0.5, 0.6) is 0 Å². The van der Waals surface area contributed by atoms with Crippen molar-refractivity contribution < 1.29 is 9.18 Å². The molecule has 0 aliphatic heterocycles. The average molecular weight is 352 g/mol. The standard InChI is InChI=1S/C15H15BrFN3O/c1-2-3-11-6-9(7-14(18)19-11)15(21)20-13-8-10(17)4-5-12(13)16/h4-8H,2-3H2,1H3,(H2,18,19)(H,20,21). The van der Waals surface area contributed by atoms with E-state index in [1.807, 2.05) is 6.92 Å². The number of nitrogens with two attached hydrogens (primary N) is 1. The van der Waals surface area contributed by atoms with E-state index in [4.69, 9.17) is 5.73 Å². The van der Waals surface area contributed by atoms with Crippen molar-refractivity contribution in [3.8, 4) is 0 Å². The minimum absolute atomic E-state index is 0.296. The van der Waals surface area contributed by atoms with Gasteiger partial charge in [0.15, 0.2) is 0 Å². The van der Waals surface area contributed by atoms with Crippen LogP contribution in [0, 0.1) is 5.82 Å². The number of carbonyl (C=O) groups excluding carboxylic acids is 1. The van der Waals surface area contributed by atoms with Gasteiger partial charge in [-0.1, -0.05) is 13.3 Å².